The zero-order valence-corrected chi connectivity index (χ0v) is 36.9. The van der Waals surface area contributed by atoms with Crippen molar-refractivity contribution >= 4 is 5.91 Å². The first-order chi connectivity index (χ1) is 27.0. The molecule has 0 aliphatic carbocycles. The lowest BCUT2D eigenvalue weighted by atomic mass is 9.99. The number of aliphatic hydroxyl groups is 4. The summed E-state index contributed by atoms with van der Waals surface area (Å²) in [7, 11) is 0. The van der Waals surface area contributed by atoms with Crippen LogP contribution in [0.3, 0.4) is 0 Å². The molecular formula is C49H97NO5. The van der Waals surface area contributed by atoms with Gasteiger partial charge in [0.25, 0.3) is 0 Å². The molecule has 6 heteroatoms. The molecule has 5 N–H and O–H groups in total. The molecular weight excluding hydrogens is 683 g/mol. The molecule has 1 amide bonds. The lowest BCUT2D eigenvalue weighted by molar-refractivity contribution is -0.132. The molecule has 0 spiro atoms. The van der Waals surface area contributed by atoms with Gasteiger partial charge in [-0.15, -0.1) is 0 Å². The minimum absolute atomic E-state index is 0.357. The number of aliphatic hydroxyl groups excluding tert-OH is 4. The molecule has 0 aliphatic heterocycles. The van der Waals surface area contributed by atoms with E-state index in [-0.39, 0.29) is 0 Å². The Morgan fingerprint density at radius 3 is 1.05 bits per heavy atom. The summed E-state index contributed by atoms with van der Waals surface area (Å²) in [6.07, 6.45) is 49.7. The average molecular weight is 780 g/mol. The highest BCUT2D eigenvalue weighted by molar-refractivity contribution is 5.80. The van der Waals surface area contributed by atoms with Gasteiger partial charge < -0.3 is 25.7 Å². The molecule has 0 saturated heterocycles. The number of carbonyl (C=O) groups excluding carboxylic acids is 1. The number of allylic oxidation sites excluding steroid dienone is 2. The van der Waals surface area contributed by atoms with Crippen molar-refractivity contribution in [3.63, 3.8) is 0 Å². The Kier molecular flexibility index (Phi) is 43.4. The topological polar surface area (TPSA) is 110 Å². The number of unbranched alkanes of at least 4 members (excludes halogenated alkanes) is 34. The second-order valence-electron chi connectivity index (χ2n) is 17.2. The maximum absolute atomic E-state index is 12.5. The van der Waals surface area contributed by atoms with Gasteiger partial charge in [-0.2, -0.15) is 0 Å². The standard InChI is InChI=1S/C49H97NO5/c1-3-5-7-9-11-13-15-17-19-20-21-22-23-24-25-26-27-29-30-32-34-36-38-40-42-46(52)48(54)45(44-51)50-49(55)47(53)43-41-39-37-35-33-31-28-18-16-14-12-10-8-6-4-2/h28,31,45-48,51-54H,3-27,29-30,32-44H2,1-2H3,(H,50,55)/b31-28-. The number of hydrogen-bond donors (Lipinski definition) is 5. The first kappa shape index (κ1) is 54.0. The van der Waals surface area contributed by atoms with Gasteiger partial charge >= 0.3 is 0 Å². The van der Waals surface area contributed by atoms with Crippen molar-refractivity contribution in [1.29, 1.82) is 0 Å². The van der Waals surface area contributed by atoms with E-state index in [0.29, 0.717) is 12.8 Å². The Bertz CT molecular complexity index is 791. The molecule has 0 aliphatic rings. The molecule has 0 bridgehead atoms. The van der Waals surface area contributed by atoms with Crippen LogP contribution in [0.15, 0.2) is 12.2 Å². The first-order valence-electron chi connectivity index (χ1n) is 24.6. The van der Waals surface area contributed by atoms with Crippen LogP contribution in [0.5, 0.6) is 0 Å². The molecule has 328 valence electrons. The Labute approximate surface area is 342 Å². The molecule has 0 fully saturated rings. The van der Waals surface area contributed by atoms with Crippen molar-refractivity contribution in [1.82, 2.24) is 5.32 Å². The number of rotatable bonds is 45. The van der Waals surface area contributed by atoms with Gasteiger partial charge in [-0.05, 0) is 38.5 Å². The summed E-state index contributed by atoms with van der Waals surface area (Å²) >= 11 is 0. The van der Waals surface area contributed by atoms with Gasteiger partial charge in [0, 0.05) is 0 Å². The van der Waals surface area contributed by atoms with Crippen LogP contribution in [0.4, 0.5) is 0 Å². The van der Waals surface area contributed by atoms with Crippen LogP contribution >= 0.6 is 0 Å². The van der Waals surface area contributed by atoms with Gasteiger partial charge in [0.1, 0.15) is 12.2 Å². The highest BCUT2D eigenvalue weighted by atomic mass is 16.3. The molecule has 6 nitrogen and oxygen atoms in total. The van der Waals surface area contributed by atoms with Crippen LogP contribution in [0.25, 0.3) is 0 Å². The third kappa shape index (κ3) is 38.3. The van der Waals surface area contributed by atoms with Crippen LogP contribution < -0.4 is 5.32 Å². The van der Waals surface area contributed by atoms with E-state index < -0.39 is 36.9 Å². The van der Waals surface area contributed by atoms with Gasteiger partial charge in [0.05, 0.1) is 18.8 Å². The summed E-state index contributed by atoms with van der Waals surface area (Å²) in [5.74, 6) is -0.589. The zero-order valence-electron chi connectivity index (χ0n) is 36.9. The number of amides is 1. The molecule has 0 aromatic rings. The van der Waals surface area contributed by atoms with Gasteiger partial charge in [0.2, 0.25) is 5.91 Å². The molecule has 0 saturated carbocycles. The van der Waals surface area contributed by atoms with Gasteiger partial charge in [-0.3, -0.25) is 4.79 Å². The normalized spacial score (nSPS) is 14.1. The van der Waals surface area contributed by atoms with Crippen molar-refractivity contribution in [2.45, 2.75) is 289 Å². The molecule has 4 atom stereocenters. The highest BCUT2D eigenvalue weighted by Gasteiger charge is 2.28. The minimum Gasteiger partial charge on any atom is -0.394 e. The van der Waals surface area contributed by atoms with E-state index in [0.717, 1.165) is 51.4 Å². The summed E-state index contributed by atoms with van der Waals surface area (Å²) in [5.41, 5.74) is 0. The molecule has 4 unspecified atom stereocenters. The van der Waals surface area contributed by atoms with Crippen molar-refractivity contribution in [2.24, 2.45) is 0 Å². The Morgan fingerprint density at radius 1 is 0.436 bits per heavy atom. The second kappa shape index (κ2) is 44.2. The number of carbonyl (C=O) groups is 1. The fraction of sp³-hybridized carbons (Fsp3) is 0.939. The summed E-state index contributed by atoms with van der Waals surface area (Å²) in [4.78, 5) is 12.5. The first-order valence-corrected chi connectivity index (χ1v) is 24.6. The molecule has 0 aromatic carbocycles. The maximum Gasteiger partial charge on any atom is 0.249 e. The largest absolute Gasteiger partial charge is 0.394 e. The average Bonchev–Trinajstić information content (AvgIpc) is 3.19. The van der Waals surface area contributed by atoms with Crippen molar-refractivity contribution in [3.8, 4) is 0 Å². The SMILES string of the molecule is CCCCCCCCC/C=C\CCCCCCC(O)C(=O)NC(CO)C(O)C(O)CCCCCCCCCCCCCCCCCCCCCCCCCC. The van der Waals surface area contributed by atoms with E-state index in [1.165, 1.54) is 186 Å². The van der Waals surface area contributed by atoms with E-state index in [9.17, 15) is 25.2 Å². The van der Waals surface area contributed by atoms with Gasteiger partial charge in [-0.1, -0.05) is 238 Å². The summed E-state index contributed by atoms with van der Waals surface area (Å²) in [6, 6.07) is -0.987. The summed E-state index contributed by atoms with van der Waals surface area (Å²) < 4.78 is 0. The predicted octanol–water partition coefficient (Wildman–Crippen LogP) is 13.4. The van der Waals surface area contributed by atoms with E-state index in [4.69, 9.17) is 0 Å². The van der Waals surface area contributed by atoms with Crippen LogP contribution in [-0.4, -0.2) is 57.3 Å². The Morgan fingerprint density at radius 2 is 0.727 bits per heavy atom. The fourth-order valence-corrected chi connectivity index (χ4v) is 7.81. The van der Waals surface area contributed by atoms with Crippen LogP contribution in [0.1, 0.15) is 264 Å². The lowest BCUT2D eigenvalue weighted by Crippen LogP contribution is -2.53. The van der Waals surface area contributed by atoms with Gasteiger partial charge in [0.15, 0.2) is 0 Å². The monoisotopic (exact) mass is 780 g/mol. The van der Waals surface area contributed by atoms with Crippen molar-refractivity contribution < 1.29 is 25.2 Å². The number of nitrogens with one attached hydrogen (secondary N) is 1. The van der Waals surface area contributed by atoms with Crippen LogP contribution in [0.2, 0.25) is 0 Å². The van der Waals surface area contributed by atoms with Crippen molar-refractivity contribution in [3.05, 3.63) is 12.2 Å². The van der Waals surface area contributed by atoms with Gasteiger partial charge in [-0.25, -0.2) is 0 Å². The third-order valence-corrected chi connectivity index (χ3v) is 11.7. The van der Waals surface area contributed by atoms with Crippen molar-refractivity contribution in [2.75, 3.05) is 6.61 Å². The Balaban J connectivity index is 3.65. The Hall–Kier alpha value is -0.950. The number of hydrogen-bond acceptors (Lipinski definition) is 5. The summed E-state index contributed by atoms with van der Waals surface area (Å²) in [6.45, 7) is 4.06. The van der Waals surface area contributed by atoms with E-state index in [2.05, 4.69) is 31.3 Å². The minimum atomic E-state index is -1.26. The second-order valence-corrected chi connectivity index (χ2v) is 17.2. The molecule has 0 heterocycles. The van der Waals surface area contributed by atoms with E-state index in [1.807, 2.05) is 0 Å². The van der Waals surface area contributed by atoms with Crippen LogP contribution in [-0.2, 0) is 4.79 Å². The molecule has 0 rings (SSSR count). The highest BCUT2D eigenvalue weighted by Crippen LogP contribution is 2.17. The quantitative estimate of drug-likeness (QED) is 0.0312. The molecule has 55 heavy (non-hydrogen) atoms. The smallest absolute Gasteiger partial charge is 0.249 e. The fourth-order valence-electron chi connectivity index (χ4n) is 7.81. The molecule has 0 radical (unpaired) electrons. The van der Waals surface area contributed by atoms with Crippen LogP contribution in [0, 0.1) is 0 Å². The maximum atomic E-state index is 12.5. The zero-order chi connectivity index (χ0) is 40.3. The third-order valence-electron chi connectivity index (χ3n) is 11.7. The van der Waals surface area contributed by atoms with E-state index in [1.54, 1.807) is 0 Å². The van der Waals surface area contributed by atoms with E-state index >= 15 is 0 Å². The predicted molar refractivity (Wildman–Crippen MR) is 238 cm³/mol. The summed E-state index contributed by atoms with van der Waals surface area (Å²) in [5, 5.41) is 43.8. The molecule has 0 aromatic heterocycles. The lowest BCUT2D eigenvalue weighted by Gasteiger charge is -2.27.